The van der Waals surface area contributed by atoms with E-state index in [9.17, 15) is 9.59 Å². The van der Waals surface area contributed by atoms with Gasteiger partial charge < -0.3 is 15.1 Å². The van der Waals surface area contributed by atoms with Gasteiger partial charge in [0.2, 0.25) is 5.91 Å². The minimum atomic E-state index is -0.892. The van der Waals surface area contributed by atoms with Crippen molar-refractivity contribution in [1.82, 2.24) is 4.90 Å². The van der Waals surface area contributed by atoms with Crippen LogP contribution in [0.3, 0.4) is 0 Å². The van der Waals surface area contributed by atoms with Gasteiger partial charge in [0.05, 0.1) is 11.8 Å². The van der Waals surface area contributed by atoms with Gasteiger partial charge in [-0.05, 0) is 32.1 Å². The Balaban J connectivity index is 2.50. The lowest BCUT2D eigenvalue weighted by Crippen LogP contribution is -2.40. The van der Waals surface area contributed by atoms with Gasteiger partial charge in [-0.3, -0.25) is 9.59 Å². The smallest absolute Gasteiger partial charge is 0.307 e. The van der Waals surface area contributed by atoms with E-state index in [4.69, 9.17) is 10.2 Å². The molecule has 0 aromatic carbocycles. The van der Waals surface area contributed by atoms with E-state index >= 15 is 0 Å². The van der Waals surface area contributed by atoms with Crippen LogP contribution in [0, 0.1) is 11.8 Å². The maximum absolute atomic E-state index is 12.3. The minimum Gasteiger partial charge on any atom is -0.481 e. The summed E-state index contributed by atoms with van der Waals surface area (Å²) in [6.07, 6.45) is 7.13. The summed E-state index contributed by atoms with van der Waals surface area (Å²) in [5.41, 5.74) is 0. The van der Waals surface area contributed by atoms with Crippen LogP contribution in [-0.2, 0) is 9.59 Å². The van der Waals surface area contributed by atoms with E-state index in [2.05, 4.69) is 0 Å². The summed E-state index contributed by atoms with van der Waals surface area (Å²) in [6.45, 7) is 0.789. The predicted octanol–water partition coefficient (Wildman–Crippen LogP) is 1.27. The normalized spacial score (nSPS) is 22.2. The molecule has 0 bridgehead atoms. The number of carbonyl (C=O) groups excluding carboxylic acids is 1. The van der Waals surface area contributed by atoms with Crippen molar-refractivity contribution in [3.63, 3.8) is 0 Å². The highest BCUT2D eigenvalue weighted by Gasteiger charge is 2.35. The van der Waals surface area contributed by atoms with Gasteiger partial charge in [-0.15, -0.1) is 0 Å². The van der Waals surface area contributed by atoms with Gasteiger partial charge in [-0.2, -0.15) is 0 Å². The number of unbranched alkanes of at least 4 members (excludes halogenated alkanes) is 2. The largest absolute Gasteiger partial charge is 0.481 e. The summed E-state index contributed by atoms with van der Waals surface area (Å²) in [6, 6.07) is 0. The van der Waals surface area contributed by atoms with Gasteiger partial charge in [-0.1, -0.05) is 12.2 Å². The van der Waals surface area contributed by atoms with Gasteiger partial charge >= 0.3 is 5.97 Å². The molecular weight excluding hydrogens is 246 g/mol. The molecule has 0 radical (unpaired) electrons. The van der Waals surface area contributed by atoms with Crippen LogP contribution in [0.5, 0.6) is 0 Å². The van der Waals surface area contributed by atoms with Crippen LogP contribution in [-0.4, -0.2) is 47.2 Å². The van der Waals surface area contributed by atoms with Crippen molar-refractivity contribution in [1.29, 1.82) is 0 Å². The van der Waals surface area contributed by atoms with E-state index in [0.717, 1.165) is 19.3 Å². The summed E-state index contributed by atoms with van der Waals surface area (Å²) in [5.74, 6) is -2.01. The van der Waals surface area contributed by atoms with Gasteiger partial charge in [-0.25, -0.2) is 0 Å². The zero-order chi connectivity index (χ0) is 14.3. The molecule has 2 unspecified atom stereocenters. The first-order valence-corrected chi connectivity index (χ1v) is 6.81. The molecule has 1 rings (SSSR count). The number of carboxylic acid groups (broad SMARTS) is 1. The van der Waals surface area contributed by atoms with Crippen molar-refractivity contribution < 1.29 is 19.8 Å². The third-order valence-electron chi connectivity index (χ3n) is 3.59. The molecule has 0 fully saturated rings. The highest BCUT2D eigenvalue weighted by Crippen LogP contribution is 2.27. The lowest BCUT2D eigenvalue weighted by molar-refractivity contribution is -0.150. The number of carbonyl (C=O) groups is 2. The van der Waals surface area contributed by atoms with Crippen molar-refractivity contribution in [3.05, 3.63) is 12.2 Å². The molecule has 0 aromatic rings. The van der Waals surface area contributed by atoms with Crippen molar-refractivity contribution in [2.45, 2.75) is 32.1 Å². The Kier molecular flexibility index (Phi) is 6.56. The fourth-order valence-corrected chi connectivity index (χ4v) is 2.39. The molecule has 5 heteroatoms. The minimum absolute atomic E-state index is 0.0826. The molecule has 0 spiro atoms. The topological polar surface area (TPSA) is 77.8 Å². The number of allylic oxidation sites excluding steroid dienone is 2. The number of amides is 1. The SMILES string of the molecule is CN(CCCCCO)C(=O)C1CC=CCC1C(=O)O. The van der Waals surface area contributed by atoms with E-state index in [1.165, 1.54) is 0 Å². The summed E-state index contributed by atoms with van der Waals surface area (Å²) in [4.78, 5) is 25.0. The van der Waals surface area contributed by atoms with Crippen LogP contribution in [0.1, 0.15) is 32.1 Å². The van der Waals surface area contributed by atoms with Crippen molar-refractivity contribution >= 4 is 11.9 Å². The first-order chi connectivity index (χ1) is 9.07. The van der Waals surface area contributed by atoms with Crippen LogP contribution in [0.15, 0.2) is 12.2 Å². The van der Waals surface area contributed by atoms with E-state index in [1.807, 2.05) is 12.2 Å². The molecule has 0 heterocycles. The molecule has 0 saturated heterocycles. The van der Waals surface area contributed by atoms with E-state index in [-0.39, 0.29) is 12.5 Å². The zero-order valence-corrected chi connectivity index (χ0v) is 11.4. The molecule has 108 valence electrons. The summed E-state index contributed by atoms with van der Waals surface area (Å²) < 4.78 is 0. The Morgan fingerprint density at radius 2 is 1.79 bits per heavy atom. The van der Waals surface area contributed by atoms with E-state index in [0.29, 0.717) is 19.4 Å². The number of hydrogen-bond donors (Lipinski definition) is 2. The molecular formula is C14H23NO4. The number of aliphatic carboxylic acids is 1. The highest BCUT2D eigenvalue weighted by molar-refractivity contribution is 5.85. The van der Waals surface area contributed by atoms with Crippen LogP contribution < -0.4 is 0 Å². The predicted molar refractivity (Wildman–Crippen MR) is 71.6 cm³/mol. The number of aliphatic hydroxyl groups is 1. The fraction of sp³-hybridized carbons (Fsp3) is 0.714. The first kappa shape index (κ1) is 15.7. The van der Waals surface area contributed by atoms with Gasteiger partial charge in [0, 0.05) is 20.2 Å². The molecule has 1 amide bonds. The second kappa shape index (κ2) is 7.94. The van der Waals surface area contributed by atoms with Crippen molar-refractivity contribution in [2.24, 2.45) is 11.8 Å². The van der Waals surface area contributed by atoms with E-state index < -0.39 is 17.8 Å². The molecule has 2 N–H and O–H groups in total. The molecule has 1 aliphatic carbocycles. The lowest BCUT2D eigenvalue weighted by atomic mass is 9.82. The van der Waals surface area contributed by atoms with Crippen LogP contribution in [0.25, 0.3) is 0 Å². The maximum atomic E-state index is 12.3. The number of hydrogen-bond acceptors (Lipinski definition) is 3. The van der Waals surface area contributed by atoms with Crippen LogP contribution in [0.2, 0.25) is 0 Å². The highest BCUT2D eigenvalue weighted by atomic mass is 16.4. The molecule has 2 atom stereocenters. The molecule has 19 heavy (non-hydrogen) atoms. The van der Waals surface area contributed by atoms with E-state index in [1.54, 1.807) is 11.9 Å². The fourth-order valence-electron chi connectivity index (χ4n) is 2.39. The Morgan fingerprint density at radius 1 is 1.16 bits per heavy atom. The third-order valence-corrected chi connectivity index (χ3v) is 3.59. The van der Waals surface area contributed by atoms with Gasteiger partial charge in [0.1, 0.15) is 0 Å². The monoisotopic (exact) mass is 269 g/mol. The average molecular weight is 269 g/mol. The Morgan fingerprint density at radius 3 is 2.37 bits per heavy atom. The second-order valence-electron chi connectivity index (χ2n) is 5.04. The number of nitrogens with zero attached hydrogens (tertiary/aromatic N) is 1. The van der Waals surface area contributed by atoms with Crippen LogP contribution >= 0.6 is 0 Å². The van der Waals surface area contributed by atoms with Crippen molar-refractivity contribution in [3.8, 4) is 0 Å². The molecule has 0 aromatic heterocycles. The van der Waals surface area contributed by atoms with Crippen molar-refractivity contribution in [2.75, 3.05) is 20.2 Å². The molecule has 5 nitrogen and oxygen atoms in total. The Hall–Kier alpha value is -1.36. The summed E-state index contributed by atoms with van der Waals surface area (Å²) in [7, 11) is 1.72. The standard InChI is InChI=1S/C14H23NO4/c1-15(9-5-2-6-10-16)13(17)11-7-3-4-8-12(11)14(18)19/h3-4,11-12,16H,2,5-10H2,1H3,(H,18,19). The Labute approximate surface area is 113 Å². The quantitative estimate of drug-likeness (QED) is 0.539. The molecule has 0 aliphatic heterocycles. The lowest BCUT2D eigenvalue weighted by Gasteiger charge is -2.28. The molecule has 1 aliphatic rings. The Bertz CT molecular complexity index is 340. The number of rotatable bonds is 7. The summed E-state index contributed by atoms with van der Waals surface area (Å²) >= 11 is 0. The number of aliphatic hydroxyl groups excluding tert-OH is 1. The second-order valence-corrected chi connectivity index (χ2v) is 5.04. The maximum Gasteiger partial charge on any atom is 0.307 e. The molecule has 0 saturated carbocycles. The third kappa shape index (κ3) is 4.67. The van der Waals surface area contributed by atoms with Gasteiger partial charge in [0.25, 0.3) is 0 Å². The first-order valence-electron chi connectivity index (χ1n) is 6.81. The zero-order valence-electron chi connectivity index (χ0n) is 11.4. The summed E-state index contributed by atoms with van der Waals surface area (Å²) in [5, 5.41) is 17.8. The average Bonchev–Trinajstić information content (AvgIpc) is 2.42. The van der Waals surface area contributed by atoms with Crippen LogP contribution in [0.4, 0.5) is 0 Å². The number of carboxylic acids is 1. The van der Waals surface area contributed by atoms with Gasteiger partial charge in [0.15, 0.2) is 0 Å².